The van der Waals surface area contributed by atoms with Crippen molar-refractivity contribution in [3.05, 3.63) is 34.9 Å². The highest BCUT2D eigenvalue weighted by Crippen LogP contribution is 2.22. The van der Waals surface area contributed by atoms with E-state index in [9.17, 15) is 4.79 Å². The lowest BCUT2D eigenvalue weighted by Crippen LogP contribution is -2.42. The molecule has 0 aliphatic carbocycles. The number of nitrogens with two attached hydrogens (primary N) is 1. The second-order valence-electron chi connectivity index (χ2n) is 4.14. The molecule has 100 valence electrons. The molecule has 2 unspecified atom stereocenters. The summed E-state index contributed by atoms with van der Waals surface area (Å²) in [4.78, 5) is 11.8. The Bertz CT molecular complexity index is 398. The van der Waals surface area contributed by atoms with Gasteiger partial charge < -0.3 is 15.8 Å². The maximum atomic E-state index is 11.8. The molecule has 1 rings (SSSR count). The van der Waals surface area contributed by atoms with Gasteiger partial charge in [-0.2, -0.15) is 0 Å². The molecule has 0 heterocycles. The second kappa shape index (κ2) is 7.36. The van der Waals surface area contributed by atoms with Gasteiger partial charge in [-0.25, -0.2) is 0 Å². The predicted molar refractivity (Wildman–Crippen MR) is 72.5 cm³/mol. The number of nitrogens with one attached hydrogen (secondary N) is 1. The summed E-state index contributed by atoms with van der Waals surface area (Å²) in [5.41, 5.74) is 6.62. The molecule has 0 bridgehead atoms. The molecule has 1 amide bonds. The fraction of sp³-hybridized carbons (Fsp3) is 0.462. The number of carbonyl (C=O) groups excluding carboxylic acids is 1. The quantitative estimate of drug-likeness (QED) is 0.830. The minimum absolute atomic E-state index is 0.167. The van der Waals surface area contributed by atoms with Crippen LogP contribution >= 0.6 is 11.6 Å². The Balaban J connectivity index is 2.57. The number of amides is 1. The number of ether oxygens (including phenoxy) is 1. The van der Waals surface area contributed by atoms with E-state index >= 15 is 0 Å². The molecule has 0 radical (unpaired) electrons. The molecule has 4 nitrogen and oxygen atoms in total. The van der Waals surface area contributed by atoms with Crippen LogP contribution in [-0.4, -0.2) is 25.7 Å². The van der Waals surface area contributed by atoms with Gasteiger partial charge in [0.25, 0.3) is 0 Å². The number of rotatable bonds is 6. The summed E-state index contributed by atoms with van der Waals surface area (Å²) < 4.78 is 4.89. The molecule has 0 spiro atoms. The number of carbonyl (C=O) groups is 1. The number of hydrogen-bond acceptors (Lipinski definition) is 3. The Labute approximate surface area is 112 Å². The number of methoxy groups -OCH3 is 1. The first-order valence-corrected chi connectivity index (χ1v) is 6.23. The molecular weight excluding hydrogens is 252 g/mol. The minimum Gasteiger partial charge on any atom is -0.385 e. The zero-order chi connectivity index (χ0) is 13.5. The van der Waals surface area contributed by atoms with Crippen molar-refractivity contribution >= 4 is 17.5 Å². The molecule has 1 aromatic rings. The van der Waals surface area contributed by atoms with E-state index in [-0.39, 0.29) is 11.9 Å². The lowest BCUT2D eigenvalue weighted by atomic mass is 10.1. The first-order chi connectivity index (χ1) is 8.56. The lowest BCUT2D eigenvalue weighted by molar-refractivity contribution is -0.123. The van der Waals surface area contributed by atoms with E-state index in [1.54, 1.807) is 13.2 Å². The van der Waals surface area contributed by atoms with Crippen molar-refractivity contribution in [3.8, 4) is 0 Å². The highest BCUT2D eigenvalue weighted by molar-refractivity contribution is 6.31. The van der Waals surface area contributed by atoms with Gasteiger partial charge >= 0.3 is 0 Å². The third kappa shape index (κ3) is 4.29. The van der Waals surface area contributed by atoms with E-state index in [0.717, 1.165) is 5.56 Å². The van der Waals surface area contributed by atoms with Gasteiger partial charge in [0.1, 0.15) is 0 Å². The van der Waals surface area contributed by atoms with Crippen molar-refractivity contribution in [1.82, 2.24) is 5.32 Å². The zero-order valence-electron chi connectivity index (χ0n) is 10.7. The van der Waals surface area contributed by atoms with Gasteiger partial charge in [0.05, 0.1) is 12.1 Å². The van der Waals surface area contributed by atoms with E-state index in [0.29, 0.717) is 18.1 Å². The number of hydrogen-bond donors (Lipinski definition) is 2. The minimum atomic E-state index is -0.560. The fourth-order valence-corrected chi connectivity index (χ4v) is 1.90. The highest BCUT2D eigenvalue weighted by Gasteiger charge is 2.17. The van der Waals surface area contributed by atoms with Crippen LogP contribution in [0.2, 0.25) is 5.02 Å². The molecular formula is C13H19ClN2O2. The average Bonchev–Trinajstić information content (AvgIpc) is 2.36. The Morgan fingerprint density at radius 2 is 2.17 bits per heavy atom. The van der Waals surface area contributed by atoms with Crippen LogP contribution < -0.4 is 11.1 Å². The molecule has 0 saturated carbocycles. The first kappa shape index (κ1) is 15.0. The van der Waals surface area contributed by atoms with Crippen molar-refractivity contribution in [2.24, 2.45) is 5.73 Å². The van der Waals surface area contributed by atoms with Crippen molar-refractivity contribution < 1.29 is 9.53 Å². The van der Waals surface area contributed by atoms with Crippen LogP contribution in [0.25, 0.3) is 0 Å². The number of halogens is 1. The standard InChI is InChI=1S/C13H19ClN2O2/c1-9(10-5-3-4-6-11(10)14)16-13(17)12(15)7-8-18-2/h3-6,9,12H,7-8,15H2,1-2H3,(H,16,17). The van der Waals surface area contributed by atoms with Gasteiger partial charge in [-0.15, -0.1) is 0 Å². The van der Waals surface area contributed by atoms with E-state index in [1.165, 1.54) is 0 Å². The molecule has 1 aromatic carbocycles. The van der Waals surface area contributed by atoms with Crippen LogP contribution in [0.1, 0.15) is 24.9 Å². The molecule has 0 aliphatic rings. The van der Waals surface area contributed by atoms with Gasteiger partial charge in [0.2, 0.25) is 5.91 Å². The van der Waals surface area contributed by atoms with Crippen molar-refractivity contribution in [3.63, 3.8) is 0 Å². The molecule has 0 fully saturated rings. The Kier molecular flexibility index (Phi) is 6.12. The van der Waals surface area contributed by atoms with Gasteiger partial charge in [-0.05, 0) is 25.0 Å². The van der Waals surface area contributed by atoms with Crippen LogP contribution in [0.3, 0.4) is 0 Å². The van der Waals surface area contributed by atoms with E-state index in [2.05, 4.69) is 5.32 Å². The summed E-state index contributed by atoms with van der Waals surface area (Å²) >= 11 is 6.06. The maximum absolute atomic E-state index is 11.8. The van der Waals surface area contributed by atoms with Crippen LogP contribution in [0.15, 0.2) is 24.3 Å². The number of benzene rings is 1. The molecule has 3 N–H and O–H groups in total. The molecule has 2 atom stereocenters. The predicted octanol–water partition coefficient (Wildman–Crippen LogP) is 1.88. The topological polar surface area (TPSA) is 64.3 Å². The van der Waals surface area contributed by atoms with Crippen LogP contribution in [0.4, 0.5) is 0 Å². The molecule has 0 aromatic heterocycles. The summed E-state index contributed by atoms with van der Waals surface area (Å²) in [6.07, 6.45) is 0.498. The Morgan fingerprint density at radius 3 is 2.78 bits per heavy atom. The molecule has 0 saturated heterocycles. The van der Waals surface area contributed by atoms with Crippen LogP contribution in [-0.2, 0) is 9.53 Å². The molecule has 0 aliphatic heterocycles. The normalized spacial score (nSPS) is 14.0. The zero-order valence-corrected chi connectivity index (χ0v) is 11.4. The summed E-state index contributed by atoms with van der Waals surface area (Å²) in [7, 11) is 1.58. The van der Waals surface area contributed by atoms with E-state index in [1.807, 2.05) is 25.1 Å². The van der Waals surface area contributed by atoms with Gasteiger partial charge in [-0.3, -0.25) is 4.79 Å². The van der Waals surface area contributed by atoms with Crippen molar-refractivity contribution in [2.75, 3.05) is 13.7 Å². The second-order valence-corrected chi connectivity index (χ2v) is 4.55. The van der Waals surface area contributed by atoms with Gasteiger partial charge in [0, 0.05) is 18.7 Å². The Hall–Kier alpha value is -1.10. The lowest BCUT2D eigenvalue weighted by Gasteiger charge is -2.18. The van der Waals surface area contributed by atoms with Crippen molar-refractivity contribution in [1.29, 1.82) is 0 Å². The van der Waals surface area contributed by atoms with E-state index < -0.39 is 6.04 Å². The van der Waals surface area contributed by atoms with Crippen molar-refractivity contribution in [2.45, 2.75) is 25.4 Å². The monoisotopic (exact) mass is 270 g/mol. The van der Waals surface area contributed by atoms with Crippen LogP contribution in [0.5, 0.6) is 0 Å². The fourth-order valence-electron chi connectivity index (χ4n) is 1.60. The third-order valence-corrected chi connectivity index (χ3v) is 3.04. The Morgan fingerprint density at radius 1 is 1.50 bits per heavy atom. The molecule has 18 heavy (non-hydrogen) atoms. The third-order valence-electron chi connectivity index (χ3n) is 2.70. The largest absolute Gasteiger partial charge is 0.385 e. The van der Waals surface area contributed by atoms with Gasteiger partial charge in [-0.1, -0.05) is 29.8 Å². The molecule has 5 heteroatoms. The summed E-state index contributed by atoms with van der Waals surface area (Å²) in [6, 6.07) is 6.69. The van der Waals surface area contributed by atoms with Crippen LogP contribution in [0, 0.1) is 0 Å². The summed E-state index contributed by atoms with van der Waals surface area (Å²) in [6.45, 7) is 2.34. The summed E-state index contributed by atoms with van der Waals surface area (Å²) in [5.74, 6) is -0.195. The first-order valence-electron chi connectivity index (χ1n) is 5.85. The maximum Gasteiger partial charge on any atom is 0.237 e. The highest BCUT2D eigenvalue weighted by atomic mass is 35.5. The van der Waals surface area contributed by atoms with Gasteiger partial charge in [0.15, 0.2) is 0 Å². The SMILES string of the molecule is COCCC(N)C(=O)NC(C)c1ccccc1Cl. The smallest absolute Gasteiger partial charge is 0.237 e. The van der Waals surface area contributed by atoms with E-state index in [4.69, 9.17) is 22.1 Å². The average molecular weight is 271 g/mol. The summed E-state index contributed by atoms with van der Waals surface area (Å²) in [5, 5.41) is 3.48.